The van der Waals surface area contributed by atoms with Crippen molar-refractivity contribution in [3.05, 3.63) is 36.5 Å². The Balaban J connectivity index is 2.14. The van der Waals surface area contributed by atoms with Gasteiger partial charge in [0, 0.05) is 6.61 Å². The summed E-state index contributed by atoms with van der Waals surface area (Å²) in [6.07, 6.45) is 18.3. The van der Waals surface area contributed by atoms with Crippen LogP contribution in [0.4, 0.5) is 0 Å². The molecule has 102 valence electrons. The molecule has 0 radical (unpaired) electrons. The van der Waals surface area contributed by atoms with Crippen LogP contribution in [0.2, 0.25) is 0 Å². The fraction of sp³-hybridized carbons (Fsp3) is 0.647. The predicted octanol–water partition coefficient (Wildman–Crippen LogP) is 4.91. The molecule has 18 heavy (non-hydrogen) atoms. The highest BCUT2D eigenvalue weighted by Crippen LogP contribution is 2.18. The summed E-state index contributed by atoms with van der Waals surface area (Å²) in [6.45, 7) is 7.42. The van der Waals surface area contributed by atoms with Gasteiger partial charge in [-0.15, -0.1) is 0 Å². The van der Waals surface area contributed by atoms with E-state index >= 15 is 0 Å². The molecule has 0 spiro atoms. The van der Waals surface area contributed by atoms with Crippen LogP contribution in [0.15, 0.2) is 36.5 Å². The molecule has 1 aliphatic carbocycles. The molecule has 1 rings (SSSR count). The third-order valence-corrected chi connectivity index (χ3v) is 3.58. The van der Waals surface area contributed by atoms with E-state index in [4.69, 9.17) is 4.74 Å². The van der Waals surface area contributed by atoms with E-state index < -0.39 is 0 Å². The van der Waals surface area contributed by atoms with Crippen LogP contribution in [0.25, 0.3) is 0 Å². The van der Waals surface area contributed by atoms with Gasteiger partial charge in [-0.05, 0) is 51.4 Å². The van der Waals surface area contributed by atoms with Crippen molar-refractivity contribution in [1.82, 2.24) is 0 Å². The summed E-state index contributed by atoms with van der Waals surface area (Å²) in [7, 11) is 0. The molecule has 1 aliphatic rings. The Morgan fingerprint density at radius 2 is 2.22 bits per heavy atom. The number of ether oxygens (including phenoxy) is 1. The second-order valence-electron chi connectivity index (χ2n) is 5.21. The minimum atomic E-state index is 0.370. The number of hydrogen-bond acceptors (Lipinski definition) is 1. The Hall–Kier alpha value is -0.820. The first-order valence-corrected chi connectivity index (χ1v) is 7.34. The van der Waals surface area contributed by atoms with Crippen LogP contribution in [0.1, 0.15) is 46.5 Å². The Bertz CT molecular complexity index is 288. The number of allylic oxidation sites excluding steroid dienone is 6. The third kappa shape index (κ3) is 6.20. The highest BCUT2D eigenvalue weighted by atomic mass is 16.5. The van der Waals surface area contributed by atoms with Gasteiger partial charge in [-0.2, -0.15) is 0 Å². The largest absolute Gasteiger partial charge is 0.378 e. The smallest absolute Gasteiger partial charge is 0.0552 e. The van der Waals surface area contributed by atoms with Crippen LogP contribution in [0.3, 0.4) is 0 Å². The summed E-state index contributed by atoms with van der Waals surface area (Å²) in [6, 6.07) is 0. The zero-order valence-corrected chi connectivity index (χ0v) is 12.1. The molecule has 0 aromatic heterocycles. The molecule has 0 N–H and O–H groups in total. The average Bonchev–Trinajstić information content (AvgIpc) is 2.39. The normalized spacial score (nSPS) is 22.5. The van der Waals surface area contributed by atoms with E-state index in [1.165, 1.54) is 12.8 Å². The highest BCUT2D eigenvalue weighted by Gasteiger charge is 2.10. The molecule has 0 heterocycles. The van der Waals surface area contributed by atoms with Gasteiger partial charge in [0.05, 0.1) is 6.10 Å². The molecule has 1 heteroatoms. The van der Waals surface area contributed by atoms with Gasteiger partial charge in [-0.3, -0.25) is 0 Å². The first kappa shape index (κ1) is 15.2. The second-order valence-corrected chi connectivity index (χ2v) is 5.21. The Morgan fingerprint density at radius 3 is 2.83 bits per heavy atom. The standard InChI is InChI=1S/C17H28O/c1-4-9-16(5-2)14-15(3)18-13-12-17-10-7-6-8-11-17/h4,6-10,15-17H,5,11-14H2,1-3H3/b9-4-. The molecular weight excluding hydrogens is 220 g/mol. The average molecular weight is 248 g/mol. The molecule has 0 aromatic carbocycles. The van der Waals surface area contributed by atoms with Crippen molar-refractivity contribution in [3.8, 4) is 0 Å². The zero-order chi connectivity index (χ0) is 13.2. The zero-order valence-electron chi connectivity index (χ0n) is 12.1. The number of rotatable bonds is 8. The van der Waals surface area contributed by atoms with E-state index in [0.29, 0.717) is 17.9 Å². The van der Waals surface area contributed by atoms with Crippen molar-refractivity contribution >= 4 is 0 Å². The third-order valence-electron chi connectivity index (χ3n) is 3.58. The van der Waals surface area contributed by atoms with Crippen molar-refractivity contribution < 1.29 is 4.74 Å². The van der Waals surface area contributed by atoms with Crippen LogP contribution >= 0.6 is 0 Å². The van der Waals surface area contributed by atoms with Crippen molar-refractivity contribution in [1.29, 1.82) is 0 Å². The van der Waals surface area contributed by atoms with E-state index in [9.17, 15) is 0 Å². The molecule has 0 bridgehead atoms. The molecule has 0 aromatic rings. The topological polar surface area (TPSA) is 9.23 Å². The second kappa shape index (κ2) is 9.16. The minimum absolute atomic E-state index is 0.370. The minimum Gasteiger partial charge on any atom is -0.378 e. The van der Waals surface area contributed by atoms with Gasteiger partial charge >= 0.3 is 0 Å². The summed E-state index contributed by atoms with van der Waals surface area (Å²) in [5.74, 6) is 1.35. The maximum atomic E-state index is 5.93. The summed E-state index contributed by atoms with van der Waals surface area (Å²) < 4.78 is 5.93. The Labute approximate surface area is 113 Å². The molecule has 0 saturated carbocycles. The van der Waals surface area contributed by atoms with E-state index in [-0.39, 0.29) is 0 Å². The predicted molar refractivity (Wildman–Crippen MR) is 79.6 cm³/mol. The Morgan fingerprint density at radius 1 is 1.39 bits per heavy atom. The molecular formula is C17H28O. The van der Waals surface area contributed by atoms with E-state index in [2.05, 4.69) is 57.2 Å². The van der Waals surface area contributed by atoms with Gasteiger partial charge in [0.15, 0.2) is 0 Å². The van der Waals surface area contributed by atoms with Crippen LogP contribution in [-0.2, 0) is 4.74 Å². The van der Waals surface area contributed by atoms with Crippen LogP contribution < -0.4 is 0 Å². The van der Waals surface area contributed by atoms with E-state index in [0.717, 1.165) is 19.4 Å². The first-order chi connectivity index (χ1) is 8.76. The lowest BCUT2D eigenvalue weighted by Crippen LogP contribution is -2.15. The lowest BCUT2D eigenvalue weighted by molar-refractivity contribution is 0.0466. The van der Waals surface area contributed by atoms with Gasteiger partial charge < -0.3 is 4.74 Å². The lowest BCUT2D eigenvalue weighted by atomic mass is 9.97. The molecule has 0 amide bonds. The van der Waals surface area contributed by atoms with Gasteiger partial charge in [-0.25, -0.2) is 0 Å². The highest BCUT2D eigenvalue weighted by molar-refractivity contribution is 5.10. The van der Waals surface area contributed by atoms with Crippen LogP contribution in [0.5, 0.6) is 0 Å². The summed E-state index contributed by atoms with van der Waals surface area (Å²) >= 11 is 0. The summed E-state index contributed by atoms with van der Waals surface area (Å²) in [5.41, 5.74) is 0. The molecule has 3 unspecified atom stereocenters. The summed E-state index contributed by atoms with van der Waals surface area (Å²) in [5, 5.41) is 0. The maximum Gasteiger partial charge on any atom is 0.0552 e. The fourth-order valence-corrected chi connectivity index (χ4v) is 2.41. The van der Waals surface area contributed by atoms with Crippen molar-refractivity contribution in [2.75, 3.05) is 6.61 Å². The van der Waals surface area contributed by atoms with Crippen LogP contribution in [-0.4, -0.2) is 12.7 Å². The fourth-order valence-electron chi connectivity index (χ4n) is 2.41. The van der Waals surface area contributed by atoms with Crippen molar-refractivity contribution in [3.63, 3.8) is 0 Å². The molecule has 0 saturated heterocycles. The summed E-state index contributed by atoms with van der Waals surface area (Å²) in [4.78, 5) is 0. The Kier molecular flexibility index (Phi) is 7.75. The van der Waals surface area contributed by atoms with Crippen molar-refractivity contribution in [2.45, 2.75) is 52.6 Å². The molecule has 3 atom stereocenters. The van der Waals surface area contributed by atoms with Gasteiger partial charge in [0.25, 0.3) is 0 Å². The molecule has 1 nitrogen and oxygen atoms in total. The SMILES string of the molecule is C/C=C\C(CC)CC(C)OCCC1C=CC=CC1. The first-order valence-electron chi connectivity index (χ1n) is 7.34. The van der Waals surface area contributed by atoms with Crippen LogP contribution in [0, 0.1) is 11.8 Å². The number of hydrogen-bond donors (Lipinski definition) is 0. The molecule has 0 fully saturated rings. The van der Waals surface area contributed by atoms with E-state index in [1.54, 1.807) is 0 Å². The van der Waals surface area contributed by atoms with Gasteiger partial charge in [0.1, 0.15) is 0 Å². The quantitative estimate of drug-likeness (QED) is 0.555. The molecule has 0 aliphatic heterocycles. The van der Waals surface area contributed by atoms with E-state index in [1.807, 2.05) is 0 Å². The lowest BCUT2D eigenvalue weighted by Gasteiger charge is -2.19. The monoisotopic (exact) mass is 248 g/mol. The van der Waals surface area contributed by atoms with Crippen molar-refractivity contribution in [2.24, 2.45) is 11.8 Å². The van der Waals surface area contributed by atoms with Gasteiger partial charge in [-0.1, -0.05) is 43.4 Å². The van der Waals surface area contributed by atoms with Gasteiger partial charge in [0.2, 0.25) is 0 Å². The maximum absolute atomic E-state index is 5.93.